The summed E-state index contributed by atoms with van der Waals surface area (Å²) in [5.74, 6) is -1.09. The molecule has 0 atom stereocenters. The van der Waals surface area contributed by atoms with Crippen LogP contribution in [0.1, 0.15) is 48.9 Å². The fourth-order valence-corrected chi connectivity index (χ4v) is 3.47. The first-order valence-corrected chi connectivity index (χ1v) is 10.6. The van der Waals surface area contributed by atoms with Gasteiger partial charge in [0.1, 0.15) is 6.54 Å². The van der Waals surface area contributed by atoms with E-state index in [2.05, 4.69) is 10.9 Å². The van der Waals surface area contributed by atoms with Crippen molar-refractivity contribution in [1.82, 2.24) is 15.8 Å². The van der Waals surface area contributed by atoms with Crippen LogP contribution in [-0.4, -0.2) is 41.5 Å². The van der Waals surface area contributed by atoms with E-state index in [9.17, 15) is 19.2 Å². The summed E-state index contributed by atoms with van der Waals surface area (Å²) in [5, 5.41) is 0. The number of hydrazine groups is 1. The molecule has 3 rings (SSSR count). The minimum Gasteiger partial charge on any atom is -0.333 e. The molecule has 2 aromatic carbocycles. The van der Waals surface area contributed by atoms with Crippen LogP contribution in [0.3, 0.4) is 0 Å². The van der Waals surface area contributed by atoms with Gasteiger partial charge in [-0.25, -0.2) is 0 Å². The molecule has 31 heavy (non-hydrogen) atoms. The van der Waals surface area contributed by atoms with Crippen molar-refractivity contribution < 1.29 is 19.2 Å². The van der Waals surface area contributed by atoms with Crippen LogP contribution in [-0.2, 0) is 14.4 Å². The summed E-state index contributed by atoms with van der Waals surface area (Å²) in [6.07, 6.45) is 3.15. The average Bonchev–Trinajstić information content (AvgIpc) is 3.00. The number of rotatable bonds is 7. The Morgan fingerprint density at radius 1 is 0.774 bits per heavy atom. The molecule has 0 saturated carbocycles. The molecule has 0 aromatic heterocycles. The fraction of sp³-hybridized carbons (Fsp3) is 0.333. The van der Waals surface area contributed by atoms with Crippen molar-refractivity contribution >= 4 is 23.5 Å². The number of carbonyl (C=O) groups is 4. The van der Waals surface area contributed by atoms with E-state index >= 15 is 0 Å². The third kappa shape index (κ3) is 6.77. The van der Waals surface area contributed by atoms with Crippen molar-refractivity contribution in [3.05, 3.63) is 60.2 Å². The van der Waals surface area contributed by atoms with Crippen LogP contribution >= 0.6 is 0 Å². The van der Waals surface area contributed by atoms with E-state index in [1.54, 1.807) is 12.1 Å². The number of nitrogens with zero attached hydrogens (tertiary/aromatic N) is 1. The van der Waals surface area contributed by atoms with E-state index in [1.807, 2.05) is 42.5 Å². The number of hydrogen-bond acceptors (Lipinski definition) is 4. The third-order valence-corrected chi connectivity index (χ3v) is 5.24. The second kappa shape index (κ2) is 11.1. The Bertz CT molecular complexity index is 926. The first-order chi connectivity index (χ1) is 15.0. The number of Topliss-reactive ketones (excluding diaryl/α,β-unsaturated/α-hetero) is 1. The van der Waals surface area contributed by atoms with Gasteiger partial charge in [0.05, 0.1) is 0 Å². The number of nitrogens with one attached hydrogen (secondary N) is 2. The highest BCUT2D eigenvalue weighted by molar-refractivity contribution is 5.98. The van der Waals surface area contributed by atoms with Crippen LogP contribution in [0.4, 0.5) is 0 Å². The van der Waals surface area contributed by atoms with Gasteiger partial charge in [0.15, 0.2) is 5.78 Å². The smallest absolute Gasteiger partial charge is 0.257 e. The quantitative estimate of drug-likeness (QED) is 0.531. The van der Waals surface area contributed by atoms with Gasteiger partial charge in [-0.2, -0.15) is 0 Å². The molecule has 0 bridgehead atoms. The zero-order valence-corrected chi connectivity index (χ0v) is 17.4. The number of amides is 3. The van der Waals surface area contributed by atoms with Gasteiger partial charge < -0.3 is 4.90 Å². The van der Waals surface area contributed by atoms with Crippen molar-refractivity contribution in [2.75, 3.05) is 13.1 Å². The first-order valence-electron chi connectivity index (χ1n) is 10.6. The highest BCUT2D eigenvalue weighted by atomic mass is 16.2. The Kier molecular flexibility index (Phi) is 7.92. The third-order valence-electron chi connectivity index (χ3n) is 5.24. The lowest BCUT2D eigenvalue weighted by atomic mass is 10.0. The van der Waals surface area contributed by atoms with E-state index in [4.69, 9.17) is 0 Å². The van der Waals surface area contributed by atoms with E-state index in [0.29, 0.717) is 18.5 Å². The molecule has 1 aliphatic rings. The van der Waals surface area contributed by atoms with Crippen LogP contribution < -0.4 is 10.9 Å². The van der Waals surface area contributed by atoms with Crippen LogP contribution in [0.2, 0.25) is 0 Å². The molecule has 1 aliphatic heterocycles. The van der Waals surface area contributed by atoms with E-state index in [0.717, 1.165) is 30.4 Å². The summed E-state index contributed by atoms with van der Waals surface area (Å²) in [5.41, 5.74) is 7.25. The highest BCUT2D eigenvalue weighted by Gasteiger charge is 2.19. The molecule has 1 heterocycles. The summed E-state index contributed by atoms with van der Waals surface area (Å²) in [6, 6.07) is 17.1. The molecule has 162 valence electrons. The first kappa shape index (κ1) is 22.2. The van der Waals surface area contributed by atoms with E-state index < -0.39 is 11.8 Å². The SMILES string of the molecule is O=C(CCC(=O)c1ccc(-c2ccccc2)cc1)NNC(=O)CN1CCCCCC1=O. The zero-order valence-electron chi connectivity index (χ0n) is 17.4. The minimum atomic E-state index is -0.454. The van der Waals surface area contributed by atoms with Crippen molar-refractivity contribution in [2.24, 2.45) is 0 Å². The monoisotopic (exact) mass is 421 g/mol. The summed E-state index contributed by atoms with van der Waals surface area (Å²) in [4.78, 5) is 49.8. The number of carbonyl (C=O) groups excluding carboxylic acids is 4. The Balaban J connectivity index is 1.40. The second-order valence-corrected chi connectivity index (χ2v) is 7.59. The molecule has 0 spiro atoms. The summed E-state index contributed by atoms with van der Waals surface area (Å²) in [7, 11) is 0. The predicted octanol–water partition coefficient (Wildman–Crippen LogP) is 2.87. The van der Waals surface area contributed by atoms with Gasteiger partial charge in [-0.1, -0.05) is 61.0 Å². The van der Waals surface area contributed by atoms with Gasteiger partial charge in [-0.05, 0) is 24.0 Å². The molecular formula is C24H27N3O4. The maximum atomic E-state index is 12.4. The number of likely N-dealkylation sites (tertiary alicyclic amines) is 1. The van der Waals surface area contributed by atoms with Crippen LogP contribution in [0, 0.1) is 0 Å². The van der Waals surface area contributed by atoms with E-state index in [1.165, 1.54) is 4.90 Å². The van der Waals surface area contributed by atoms with Gasteiger partial charge in [-0.3, -0.25) is 30.0 Å². The molecule has 1 fully saturated rings. The minimum absolute atomic E-state index is 0.0387. The number of ketones is 1. The molecule has 7 heteroatoms. The van der Waals surface area contributed by atoms with Crippen molar-refractivity contribution in [2.45, 2.75) is 38.5 Å². The van der Waals surface area contributed by atoms with Crippen LogP contribution in [0.5, 0.6) is 0 Å². The summed E-state index contributed by atoms with van der Waals surface area (Å²) in [6.45, 7) is 0.476. The standard InChI is InChI=1S/C24H27N3O4/c28-21(20-12-10-19(11-13-20)18-7-3-1-4-8-18)14-15-22(29)25-26-23(30)17-27-16-6-2-5-9-24(27)31/h1,3-4,7-8,10-13H,2,5-6,9,14-17H2,(H,25,29)(H,26,30). The van der Waals surface area contributed by atoms with Gasteiger partial charge in [0.2, 0.25) is 11.8 Å². The average molecular weight is 421 g/mol. The van der Waals surface area contributed by atoms with Gasteiger partial charge in [-0.15, -0.1) is 0 Å². The maximum Gasteiger partial charge on any atom is 0.257 e. The van der Waals surface area contributed by atoms with Crippen molar-refractivity contribution in [1.29, 1.82) is 0 Å². The van der Waals surface area contributed by atoms with Crippen molar-refractivity contribution in [3.8, 4) is 11.1 Å². The Hall–Kier alpha value is -3.48. The molecule has 0 radical (unpaired) electrons. The lowest BCUT2D eigenvalue weighted by Gasteiger charge is -2.19. The molecule has 2 aromatic rings. The Morgan fingerprint density at radius 3 is 2.19 bits per heavy atom. The molecule has 7 nitrogen and oxygen atoms in total. The second-order valence-electron chi connectivity index (χ2n) is 7.59. The molecular weight excluding hydrogens is 394 g/mol. The van der Waals surface area contributed by atoms with E-state index in [-0.39, 0.29) is 31.1 Å². The molecule has 2 N–H and O–H groups in total. The highest BCUT2D eigenvalue weighted by Crippen LogP contribution is 2.20. The fourth-order valence-electron chi connectivity index (χ4n) is 3.47. The molecule has 0 unspecified atom stereocenters. The molecule has 0 aliphatic carbocycles. The predicted molar refractivity (Wildman–Crippen MR) is 117 cm³/mol. The van der Waals surface area contributed by atoms with Crippen LogP contribution in [0.15, 0.2) is 54.6 Å². The Morgan fingerprint density at radius 2 is 1.45 bits per heavy atom. The molecule has 3 amide bonds. The van der Waals surface area contributed by atoms with Gasteiger partial charge in [0.25, 0.3) is 5.91 Å². The zero-order chi connectivity index (χ0) is 22.1. The normalized spacial score (nSPS) is 13.9. The largest absolute Gasteiger partial charge is 0.333 e. The number of hydrogen-bond donors (Lipinski definition) is 2. The summed E-state index contributed by atoms with van der Waals surface area (Å²) >= 11 is 0. The Labute approximate surface area is 181 Å². The summed E-state index contributed by atoms with van der Waals surface area (Å²) < 4.78 is 0. The lowest BCUT2D eigenvalue weighted by molar-refractivity contribution is -0.136. The molecule has 1 saturated heterocycles. The van der Waals surface area contributed by atoms with Crippen LogP contribution in [0.25, 0.3) is 11.1 Å². The lowest BCUT2D eigenvalue weighted by Crippen LogP contribution is -2.47. The maximum absolute atomic E-state index is 12.4. The van der Waals surface area contributed by atoms with Gasteiger partial charge >= 0.3 is 0 Å². The van der Waals surface area contributed by atoms with Crippen molar-refractivity contribution in [3.63, 3.8) is 0 Å². The van der Waals surface area contributed by atoms with Gasteiger partial charge in [0, 0.05) is 31.4 Å². The topological polar surface area (TPSA) is 95.6 Å². The number of benzene rings is 2.